The number of hydrogen-bond acceptors (Lipinski definition) is 5. The number of hydrogen-bond donors (Lipinski definition) is 3. The predicted octanol–water partition coefficient (Wildman–Crippen LogP) is 0.874. The standard InChI is InChI=1S/C11H9NO5/c13-8-4-2-1-3-7(8)11(16)17-12-9(14)5-6-10(12)15/h1-6,13-15H. The molecular formula is C11H9NO5. The van der Waals surface area contributed by atoms with E-state index < -0.39 is 17.7 Å². The van der Waals surface area contributed by atoms with Crippen LogP contribution in [0.4, 0.5) is 0 Å². The topological polar surface area (TPSA) is 91.9 Å². The summed E-state index contributed by atoms with van der Waals surface area (Å²) in [5, 5.41) is 27.9. The van der Waals surface area contributed by atoms with E-state index >= 15 is 0 Å². The highest BCUT2D eigenvalue weighted by Crippen LogP contribution is 2.21. The van der Waals surface area contributed by atoms with Gasteiger partial charge in [0.2, 0.25) is 11.8 Å². The van der Waals surface area contributed by atoms with Gasteiger partial charge in [-0.15, -0.1) is 4.73 Å². The Morgan fingerprint density at radius 2 is 1.59 bits per heavy atom. The van der Waals surface area contributed by atoms with E-state index in [2.05, 4.69) is 0 Å². The number of benzene rings is 1. The maximum Gasteiger partial charge on any atom is 0.367 e. The number of phenolic OH excluding ortho intramolecular Hbond substituents is 1. The molecule has 0 radical (unpaired) electrons. The minimum absolute atomic E-state index is 0.0694. The lowest BCUT2D eigenvalue weighted by atomic mass is 10.2. The molecule has 17 heavy (non-hydrogen) atoms. The van der Waals surface area contributed by atoms with Crippen LogP contribution in [0.15, 0.2) is 36.4 Å². The van der Waals surface area contributed by atoms with Gasteiger partial charge in [-0.25, -0.2) is 4.79 Å². The number of nitrogens with zero attached hydrogens (tertiary/aromatic N) is 1. The summed E-state index contributed by atoms with van der Waals surface area (Å²) in [6.07, 6.45) is 0. The maximum absolute atomic E-state index is 11.6. The third-order valence-electron chi connectivity index (χ3n) is 2.10. The molecule has 0 unspecified atom stereocenters. The second kappa shape index (κ2) is 4.09. The van der Waals surface area contributed by atoms with E-state index in [-0.39, 0.29) is 11.3 Å². The molecular weight excluding hydrogens is 226 g/mol. The monoisotopic (exact) mass is 235 g/mol. The normalized spacial score (nSPS) is 10.1. The van der Waals surface area contributed by atoms with Gasteiger partial charge in [0.05, 0.1) is 0 Å². The van der Waals surface area contributed by atoms with Crippen LogP contribution in [0.1, 0.15) is 10.4 Å². The molecule has 3 N–H and O–H groups in total. The molecule has 0 saturated heterocycles. The molecule has 2 aromatic rings. The quantitative estimate of drug-likeness (QED) is 0.718. The number of aromatic nitrogens is 1. The van der Waals surface area contributed by atoms with E-state index in [4.69, 9.17) is 4.84 Å². The van der Waals surface area contributed by atoms with Crippen LogP contribution in [0.25, 0.3) is 0 Å². The first kappa shape index (κ1) is 10.9. The van der Waals surface area contributed by atoms with Gasteiger partial charge in [0.15, 0.2) is 0 Å². The smallest absolute Gasteiger partial charge is 0.367 e. The highest BCUT2D eigenvalue weighted by Gasteiger charge is 2.16. The summed E-state index contributed by atoms with van der Waals surface area (Å²) >= 11 is 0. The Morgan fingerprint density at radius 3 is 2.18 bits per heavy atom. The molecule has 0 bridgehead atoms. The van der Waals surface area contributed by atoms with Crippen LogP contribution in [-0.4, -0.2) is 26.0 Å². The highest BCUT2D eigenvalue weighted by atomic mass is 16.7. The van der Waals surface area contributed by atoms with Gasteiger partial charge in [0.1, 0.15) is 11.3 Å². The Hall–Kier alpha value is -2.63. The molecule has 0 amide bonds. The van der Waals surface area contributed by atoms with Crippen LogP contribution in [0.3, 0.4) is 0 Å². The average Bonchev–Trinajstić information content (AvgIpc) is 2.61. The van der Waals surface area contributed by atoms with Gasteiger partial charge < -0.3 is 20.2 Å². The Kier molecular flexibility index (Phi) is 2.61. The van der Waals surface area contributed by atoms with Crippen molar-refractivity contribution in [3.8, 4) is 17.5 Å². The molecule has 0 aliphatic carbocycles. The molecule has 1 heterocycles. The van der Waals surface area contributed by atoms with Crippen molar-refractivity contribution in [1.29, 1.82) is 0 Å². The third kappa shape index (κ3) is 2.00. The van der Waals surface area contributed by atoms with Crippen molar-refractivity contribution in [1.82, 2.24) is 4.73 Å². The molecule has 1 aromatic carbocycles. The van der Waals surface area contributed by atoms with E-state index in [0.717, 1.165) is 12.1 Å². The van der Waals surface area contributed by atoms with Gasteiger partial charge in [-0.2, -0.15) is 0 Å². The predicted molar refractivity (Wildman–Crippen MR) is 56.8 cm³/mol. The summed E-state index contributed by atoms with van der Waals surface area (Å²) < 4.78 is 0.550. The zero-order valence-electron chi connectivity index (χ0n) is 8.57. The first-order chi connectivity index (χ1) is 8.09. The molecule has 0 aliphatic rings. The van der Waals surface area contributed by atoms with Crippen molar-refractivity contribution >= 4 is 5.97 Å². The highest BCUT2D eigenvalue weighted by molar-refractivity contribution is 5.92. The molecule has 88 valence electrons. The van der Waals surface area contributed by atoms with Crippen molar-refractivity contribution in [3.63, 3.8) is 0 Å². The van der Waals surface area contributed by atoms with E-state index in [1.54, 1.807) is 12.1 Å². The van der Waals surface area contributed by atoms with E-state index in [0.29, 0.717) is 4.73 Å². The molecule has 2 rings (SSSR count). The van der Waals surface area contributed by atoms with Crippen LogP contribution in [0.5, 0.6) is 17.5 Å². The fraction of sp³-hybridized carbons (Fsp3) is 0. The van der Waals surface area contributed by atoms with E-state index in [9.17, 15) is 20.1 Å². The number of carbonyl (C=O) groups is 1. The summed E-state index contributed by atoms with van der Waals surface area (Å²) in [5.74, 6) is -1.99. The maximum atomic E-state index is 11.6. The summed E-state index contributed by atoms with van der Waals surface area (Å²) in [7, 11) is 0. The molecule has 0 aliphatic heterocycles. The van der Waals surface area contributed by atoms with Crippen molar-refractivity contribution in [3.05, 3.63) is 42.0 Å². The van der Waals surface area contributed by atoms with Gasteiger partial charge in [0, 0.05) is 12.1 Å². The van der Waals surface area contributed by atoms with Gasteiger partial charge in [0.25, 0.3) is 0 Å². The van der Waals surface area contributed by atoms with Crippen LogP contribution < -0.4 is 4.84 Å². The van der Waals surface area contributed by atoms with Crippen LogP contribution >= 0.6 is 0 Å². The lowest BCUT2D eigenvalue weighted by Crippen LogP contribution is -2.19. The Balaban J connectivity index is 2.27. The van der Waals surface area contributed by atoms with Crippen molar-refractivity contribution in [2.75, 3.05) is 0 Å². The Morgan fingerprint density at radius 1 is 1.00 bits per heavy atom. The largest absolute Gasteiger partial charge is 0.507 e. The van der Waals surface area contributed by atoms with Gasteiger partial charge in [-0.05, 0) is 12.1 Å². The summed E-state index contributed by atoms with van der Waals surface area (Å²) in [4.78, 5) is 16.3. The zero-order chi connectivity index (χ0) is 12.4. The van der Waals surface area contributed by atoms with Crippen LogP contribution in [0.2, 0.25) is 0 Å². The van der Waals surface area contributed by atoms with Crippen molar-refractivity contribution in [2.45, 2.75) is 0 Å². The molecule has 0 atom stereocenters. The van der Waals surface area contributed by atoms with E-state index in [1.165, 1.54) is 12.1 Å². The number of carbonyl (C=O) groups excluding carboxylic acids is 1. The second-order valence-electron chi connectivity index (χ2n) is 3.24. The lowest BCUT2D eigenvalue weighted by Gasteiger charge is -2.07. The molecule has 0 fully saturated rings. The number of phenols is 1. The number of rotatable bonds is 2. The summed E-state index contributed by atoms with van der Waals surface area (Å²) in [5.41, 5.74) is -0.0694. The zero-order valence-corrected chi connectivity index (χ0v) is 8.57. The van der Waals surface area contributed by atoms with Gasteiger partial charge in [-0.3, -0.25) is 0 Å². The minimum Gasteiger partial charge on any atom is -0.507 e. The first-order valence-electron chi connectivity index (χ1n) is 4.70. The van der Waals surface area contributed by atoms with Crippen LogP contribution in [0, 0.1) is 0 Å². The molecule has 1 aromatic heterocycles. The van der Waals surface area contributed by atoms with E-state index in [1.807, 2.05) is 0 Å². The molecule has 6 heteroatoms. The molecule has 0 saturated carbocycles. The summed E-state index contributed by atoms with van der Waals surface area (Å²) in [6, 6.07) is 8.10. The van der Waals surface area contributed by atoms with Crippen LogP contribution in [-0.2, 0) is 0 Å². The lowest BCUT2D eigenvalue weighted by molar-refractivity contribution is 0.0378. The average molecular weight is 235 g/mol. The summed E-state index contributed by atoms with van der Waals surface area (Å²) in [6.45, 7) is 0. The van der Waals surface area contributed by atoms with Crippen molar-refractivity contribution in [2.24, 2.45) is 0 Å². The number of para-hydroxylation sites is 1. The Bertz CT molecular complexity index is 541. The fourth-order valence-electron chi connectivity index (χ4n) is 1.27. The molecule has 6 nitrogen and oxygen atoms in total. The van der Waals surface area contributed by atoms with Gasteiger partial charge in [-0.1, -0.05) is 12.1 Å². The third-order valence-corrected chi connectivity index (χ3v) is 2.10. The van der Waals surface area contributed by atoms with Gasteiger partial charge >= 0.3 is 5.97 Å². The first-order valence-corrected chi connectivity index (χ1v) is 4.70. The SMILES string of the molecule is O=C(On1c(O)ccc1O)c1ccccc1O. The number of aromatic hydroxyl groups is 3. The van der Waals surface area contributed by atoms with Crippen molar-refractivity contribution < 1.29 is 25.0 Å². The fourth-order valence-corrected chi connectivity index (χ4v) is 1.27. The second-order valence-corrected chi connectivity index (χ2v) is 3.24. The Labute approximate surface area is 95.9 Å². The molecule has 0 spiro atoms. The minimum atomic E-state index is -0.898.